The van der Waals surface area contributed by atoms with Crippen LogP contribution >= 0.6 is 0 Å². The first-order valence-corrected chi connectivity index (χ1v) is 11.4. The van der Waals surface area contributed by atoms with Gasteiger partial charge in [-0.3, -0.25) is 9.59 Å². The minimum Gasteiger partial charge on any atom is -0.490 e. The van der Waals surface area contributed by atoms with Crippen LogP contribution in [0.3, 0.4) is 0 Å². The number of rotatable bonds is 7. The largest absolute Gasteiger partial charge is 0.490 e. The second kappa shape index (κ2) is 9.01. The lowest BCUT2D eigenvalue weighted by Crippen LogP contribution is -2.31. The minimum atomic E-state index is -4.01. The Morgan fingerprint density at radius 1 is 1.06 bits per heavy atom. The summed E-state index contributed by atoms with van der Waals surface area (Å²) in [4.78, 5) is 24.3. The van der Waals surface area contributed by atoms with Crippen LogP contribution in [0.5, 0.6) is 11.5 Å². The Kier molecular flexibility index (Phi) is 6.15. The molecule has 0 fully saturated rings. The SMILES string of the molecule is Cc1c(C(=O)COC(=O)CNS(=O)(=O)c2ccc3c(c2)OCCCO3)oc2ccccc12. The van der Waals surface area contributed by atoms with Gasteiger partial charge in [0, 0.05) is 23.4 Å². The minimum absolute atomic E-state index is 0.0801. The van der Waals surface area contributed by atoms with Crippen molar-refractivity contribution in [2.75, 3.05) is 26.4 Å². The molecule has 32 heavy (non-hydrogen) atoms. The van der Waals surface area contributed by atoms with Gasteiger partial charge in [-0.25, -0.2) is 8.42 Å². The molecule has 1 N–H and O–H groups in total. The van der Waals surface area contributed by atoms with Gasteiger partial charge in [-0.15, -0.1) is 0 Å². The highest BCUT2D eigenvalue weighted by Crippen LogP contribution is 2.31. The van der Waals surface area contributed by atoms with Crippen LogP contribution in [-0.2, 0) is 19.6 Å². The van der Waals surface area contributed by atoms with Gasteiger partial charge < -0.3 is 18.6 Å². The molecule has 2 heterocycles. The summed E-state index contributed by atoms with van der Waals surface area (Å²) in [6, 6.07) is 11.4. The Bertz CT molecular complexity index is 1280. The van der Waals surface area contributed by atoms with Crippen molar-refractivity contribution < 1.29 is 36.6 Å². The molecule has 0 spiro atoms. The third-order valence-corrected chi connectivity index (χ3v) is 6.30. The van der Waals surface area contributed by atoms with Gasteiger partial charge in [0.2, 0.25) is 15.8 Å². The quantitative estimate of drug-likeness (QED) is 0.423. The van der Waals surface area contributed by atoms with Crippen LogP contribution in [0, 0.1) is 6.92 Å². The zero-order valence-electron chi connectivity index (χ0n) is 17.3. The number of fused-ring (bicyclic) bond motifs is 2. The van der Waals surface area contributed by atoms with Gasteiger partial charge in [0.25, 0.3) is 0 Å². The number of hydrogen-bond acceptors (Lipinski definition) is 8. The molecule has 0 amide bonds. The van der Waals surface area contributed by atoms with E-state index in [4.69, 9.17) is 18.6 Å². The maximum Gasteiger partial charge on any atom is 0.321 e. The number of nitrogens with one attached hydrogen (secondary N) is 1. The summed E-state index contributed by atoms with van der Waals surface area (Å²) in [7, 11) is -4.01. The molecule has 0 atom stereocenters. The summed E-state index contributed by atoms with van der Waals surface area (Å²) in [5.74, 6) is -0.533. The number of benzene rings is 2. The van der Waals surface area contributed by atoms with E-state index < -0.39 is 34.9 Å². The van der Waals surface area contributed by atoms with E-state index in [9.17, 15) is 18.0 Å². The van der Waals surface area contributed by atoms with Gasteiger partial charge in [0.1, 0.15) is 12.1 Å². The lowest BCUT2D eigenvalue weighted by atomic mass is 10.1. The molecule has 3 aromatic rings. The molecule has 0 unspecified atom stereocenters. The highest BCUT2D eigenvalue weighted by atomic mass is 32.2. The summed E-state index contributed by atoms with van der Waals surface area (Å²) in [6.07, 6.45) is 0.688. The monoisotopic (exact) mass is 459 g/mol. The topological polar surface area (TPSA) is 121 Å². The van der Waals surface area contributed by atoms with Crippen LogP contribution in [0.4, 0.5) is 0 Å². The molecule has 0 saturated heterocycles. The van der Waals surface area contributed by atoms with E-state index in [1.54, 1.807) is 19.1 Å². The molecule has 0 aliphatic carbocycles. The molecule has 10 heteroatoms. The van der Waals surface area contributed by atoms with Crippen molar-refractivity contribution in [3.63, 3.8) is 0 Å². The van der Waals surface area contributed by atoms with Crippen LogP contribution in [0.25, 0.3) is 11.0 Å². The lowest BCUT2D eigenvalue weighted by Gasteiger charge is -2.10. The van der Waals surface area contributed by atoms with Crippen molar-refractivity contribution in [1.29, 1.82) is 0 Å². The van der Waals surface area contributed by atoms with Crippen LogP contribution in [-0.4, -0.2) is 46.5 Å². The number of Topliss-reactive ketones (excluding diaryl/α,β-unsaturated/α-hetero) is 1. The zero-order chi connectivity index (χ0) is 22.7. The molecular formula is C22H21NO8S. The molecule has 4 rings (SSSR count). The van der Waals surface area contributed by atoms with Crippen LogP contribution < -0.4 is 14.2 Å². The van der Waals surface area contributed by atoms with Gasteiger partial charge in [0.15, 0.2) is 23.9 Å². The Morgan fingerprint density at radius 3 is 2.59 bits per heavy atom. The summed E-state index contributed by atoms with van der Waals surface area (Å²) < 4.78 is 48.6. The van der Waals surface area contributed by atoms with Crippen molar-refractivity contribution in [1.82, 2.24) is 4.72 Å². The third kappa shape index (κ3) is 4.61. The van der Waals surface area contributed by atoms with Crippen LogP contribution in [0.2, 0.25) is 0 Å². The van der Waals surface area contributed by atoms with Crippen molar-refractivity contribution in [3.05, 3.63) is 53.8 Å². The van der Waals surface area contributed by atoms with E-state index in [0.717, 1.165) is 5.39 Å². The third-order valence-electron chi connectivity index (χ3n) is 4.90. The van der Waals surface area contributed by atoms with E-state index in [2.05, 4.69) is 4.72 Å². The Morgan fingerprint density at radius 2 is 1.81 bits per heavy atom. The number of hydrogen-bond donors (Lipinski definition) is 1. The first-order chi connectivity index (χ1) is 15.3. The lowest BCUT2D eigenvalue weighted by molar-refractivity contribution is -0.141. The first-order valence-electron chi connectivity index (χ1n) is 9.91. The van der Waals surface area contributed by atoms with E-state index in [1.807, 2.05) is 12.1 Å². The normalized spacial score (nSPS) is 13.5. The molecular weight excluding hydrogens is 438 g/mol. The van der Waals surface area contributed by atoms with E-state index >= 15 is 0 Å². The number of sulfonamides is 1. The van der Waals surface area contributed by atoms with E-state index in [0.29, 0.717) is 42.3 Å². The molecule has 1 aliphatic rings. The summed E-state index contributed by atoms with van der Waals surface area (Å²) in [5.41, 5.74) is 1.21. The van der Waals surface area contributed by atoms with E-state index in [-0.39, 0.29) is 10.7 Å². The second-order valence-electron chi connectivity index (χ2n) is 7.12. The van der Waals surface area contributed by atoms with E-state index in [1.165, 1.54) is 18.2 Å². The van der Waals surface area contributed by atoms with Crippen molar-refractivity contribution >= 4 is 32.7 Å². The highest BCUT2D eigenvalue weighted by molar-refractivity contribution is 7.89. The van der Waals surface area contributed by atoms with Gasteiger partial charge in [0.05, 0.1) is 18.1 Å². The van der Waals surface area contributed by atoms with Crippen LogP contribution in [0.15, 0.2) is 51.8 Å². The standard InChI is InChI=1S/C22H21NO8S/c1-14-16-5-2-3-6-18(16)31-22(14)17(24)13-30-21(25)12-23-32(26,27)15-7-8-19-20(11-15)29-10-4-9-28-19/h2-3,5-8,11,23H,4,9-10,12-13H2,1H3. The molecule has 168 valence electrons. The number of esters is 1. The Hall–Kier alpha value is -3.37. The number of carbonyl (C=O) groups is 2. The predicted octanol–water partition coefficient (Wildman–Crippen LogP) is 2.61. The van der Waals surface area contributed by atoms with Gasteiger partial charge in [-0.2, -0.15) is 4.72 Å². The number of ketones is 1. The van der Waals surface area contributed by atoms with Crippen molar-refractivity contribution in [3.8, 4) is 11.5 Å². The fraction of sp³-hybridized carbons (Fsp3) is 0.273. The summed E-state index contributed by atoms with van der Waals surface area (Å²) in [6.45, 7) is 1.43. The number of aryl methyl sites for hydroxylation is 1. The number of para-hydroxylation sites is 1. The Balaban J connectivity index is 1.34. The van der Waals surface area contributed by atoms with Gasteiger partial charge >= 0.3 is 5.97 Å². The maximum absolute atomic E-state index is 12.5. The van der Waals surface area contributed by atoms with Gasteiger partial charge in [-0.05, 0) is 25.1 Å². The zero-order valence-corrected chi connectivity index (χ0v) is 18.1. The fourth-order valence-electron chi connectivity index (χ4n) is 3.25. The second-order valence-corrected chi connectivity index (χ2v) is 8.89. The molecule has 0 saturated carbocycles. The molecule has 1 aromatic heterocycles. The number of furan rings is 1. The average Bonchev–Trinajstić information content (AvgIpc) is 2.96. The fourth-order valence-corrected chi connectivity index (χ4v) is 4.23. The molecule has 1 aliphatic heterocycles. The molecule has 2 aromatic carbocycles. The summed E-state index contributed by atoms with van der Waals surface area (Å²) in [5, 5.41) is 0.796. The molecule has 9 nitrogen and oxygen atoms in total. The molecule has 0 bridgehead atoms. The van der Waals surface area contributed by atoms with Crippen molar-refractivity contribution in [2.24, 2.45) is 0 Å². The highest BCUT2D eigenvalue weighted by Gasteiger charge is 2.22. The molecule has 0 radical (unpaired) electrons. The van der Waals surface area contributed by atoms with Gasteiger partial charge in [-0.1, -0.05) is 18.2 Å². The smallest absolute Gasteiger partial charge is 0.321 e. The number of carbonyl (C=O) groups excluding carboxylic acids is 2. The van der Waals surface area contributed by atoms with Crippen molar-refractivity contribution in [2.45, 2.75) is 18.2 Å². The predicted molar refractivity (Wildman–Crippen MR) is 113 cm³/mol. The Labute approximate surface area is 184 Å². The number of ether oxygens (including phenoxy) is 3. The summed E-state index contributed by atoms with van der Waals surface area (Å²) >= 11 is 0. The first kappa shape index (κ1) is 21.8. The van der Waals surface area contributed by atoms with Crippen LogP contribution in [0.1, 0.15) is 22.5 Å². The average molecular weight is 459 g/mol. The maximum atomic E-state index is 12.5.